The Morgan fingerprint density at radius 3 is 2.55 bits per heavy atom. The Hall–Kier alpha value is -1.25. The van der Waals surface area contributed by atoms with Crippen LogP contribution in [0.5, 0.6) is 5.75 Å². The standard InChI is InChI=1S/C12H16F2N2O3S/c1-9-8-15-6-7-16(9)20(17,18)11-4-2-10(3-5-11)19-12(13)14/h2-5,9,12,15H,6-8H2,1H3/t9-/m0/s1. The highest BCUT2D eigenvalue weighted by molar-refractivity contribution is 7.89. The molecule has 0 aromatic heterocycles. The van der Waals surface area contributed by atoms with Crippen LogP contribution in [0.2, 0.25) is 0 Å². The number of hydrogen-bond acceptors (Lipinski definition) is 4. The van der Waals surface area contributed by atoms with E-state index in [9.17, 15) is 17.2 Å². The second-order valence-electron chi connectivity index (χ2n) is 4.52. The van der Waals surface area contributed by atoms with Crippen molar-refractivity contribution in [3.8, 4) is 5.75 Å². The summed E-state index contributed by atoms with van der Waals surface area (Å²) in [5.41, 5.74) is 0. The lowest BCUT2D eigenvalue weighted by molar-refractivity contribution is -0.0498. The average Bonchev–Trinajstić information content (AvgIpc) is 2.39. The number of sulfonamides is 1. The van der Waals surface area contributed by atoms with Gasteiger partial charge in [-0.25, -0.2) is 8.42 Å². The first-order valence-electron chi connectivity index (χ1n) is 6.18. The Labute approximate surface area is 116 Å². The largest absolute Gasteiger partial charge is 0.435 e. The zero-order chi connectivity index (χ0) is 14.8. The van der Waals surface area contributed by atoms with Crippen LogP contribution in [0.25, 0.3) is 0 Å². The molecular weight excluding hydrogens is 290 g/mol. The van der Waals surface area contributed by atoms with Crippen molar-refractivity contribution in [2.45, 2.75) is 24.5 Å². The lowest BCUT2D eigenvalue weighted by Gasteiger charge is -2.32. The highest BCUT2D eigenvalue weighted by atomic mass is 32.2. The van der Waals surface area contributed by atoms with Crippen LogP contribution in [0.3, 0.4) is 0 Å². The van der Waals surface area contributed by atoms with Gasteiger partial charge in [-0.3, -0.25) is 0 Å². The van der Waals surface area contributed by atoms with Crippen LogP contribution >= 0.6 is 0 Å². The minimum Gasteiger partial charge on any atom is -0.435 e. The van der Waals surface area contributed by atoms with E-state index in [0.717, 1.165) is 0 Å². The minimum atomic E-state index is -3.61. The van der Waals surface area contributed by atoms with E-state index in [1.807, 2.05) is 6.92 Å². The topological polar surface area (TPSA) is 58.6 Å². The maximum atomic E-state index is 12.4. The number of benzene rings is 1. The Kier molecular flexibility index (Phi) is 4.56. The Balaban J connectivity index is 2.21. The van der Waals surface area contributed by atoms with Crippen LogP contribution in [0.1, 0.15) is 6.92 Å². The van der Waals surface area contributed by atoms with E-state index < -0.39 is 16.6 Å². The van der Waals surface area contributed by atoms with E-state index in [0.29, 0.717) is 19.6 Å². The molecular formula is C12H16F2N2O3S. The van der Waals surface area contributed by atoms with E-state index >= 15 is 0 Å². The first kappa shape index (κ1) is 15.1. The summed E-state index contributed by atoms with van der Waals surface area (Å²) < 4.78 is 54.6. The molecule has 0 spiro atoms. The zero-order valence-corrected chi connectivity index (χ0v) is 11.7. The molecule has 5 nitrogen and oxygen atoms in total. The van der Waals surface area contributed by atoms with Crippen molar-refractivity contribution >= 4 is 10.0 Å². The van der Waals surface area contributed by atoms with Crippen LogP contribution in [-0.2, 0) is 10.0 Å². The molecule has 0 unspecified atom stereocenters. The van der Waals surface area contributed by atoms with E-state index in [4.69, 9.17) is 0 Å². The lowest BCUT2D eigenvalue weighted by atomic mass is 10.3. The van der Waals surface area contributed by atoms with Crippen LogP contribution < -0.4 is 10.1 Å². The summed E-state index contributed by atoms with van der Waals surface area (Å²) in [7, 11) is -3.61. The molecule has 1 fully saturated rings. The predicted molar refractivity (Wildman–Crippen MR) is 69.3 cm³/mol. The number of piperazine rings is 1. The van der Waals surface area contributed by atoms with Crippen molar-refractivity contribution in [1.29, 1.82) is 0 Å². The summed E-state index contributed by atoms with van der Waals surface area (Å²) in [6, 6.07) is 4.87. The smallest absolute Gasteiger partial charge is 0.387 e. The maximum Gasteiger partial charge on any atom is 0.387 e. The highest BCUT2D eigenvalue weighted by Crippen LogP contribution is 2.22. The van der Waals surface area contributed by atoms with Gasteiger partial charge in [0.15, 0.2) is 0 Å². The quantitative estimate of drug-likeness (QED) is 0.910. The van der Waals surface area contributed by atoms with Gasteiger partial charge in [0, 0.05) is 25.7 Å². The Morgan fingerprint density at radius 1 is 1.35 bits per heavy atom. The van der Waals surface area contributed by atoms with Gasteiger partial charge >= 0.3 is 6.61 Å². The number of halogens is 2. The summed E-state index contributed by atoms with van der Waals surface area (Å²) in [6.45, 7) is 0.462. The zero-order valence-electron chi connectivity index (χ0n) is 10.9. The van der Waals surface area contributed by atoms with Crippen molar-refractivity contribution < 1.29 is 21.9 Å². The van der Waals surface area contributed by atoms with E-state index in [2.05, 4.69) is 10.1 Å². The van der Waals surface area contributed by atoms with Crippen molar-refractivity contribution in [3.05, 3.63) is 24.3 Å². The summed E-state index contributed by atoms with van der Waals surface area (Å²) in [6.07, 6.45) is 0. The first-order chi connectivity index (χ1) is 9.41. The SMILES string of the molecule is C[C@H]1CNCCN1S(=O)(=O)c1ccc(OC(F)F)cc1. The highest BCUT2D eigenvalue weighted by Gasteiger charge is 2.30. The molecule has 1 N–H and O–H groups in total. The number of alkyl halides is 2. The fourth-order valence-corrected chi connectivity index (χ4v) is 3.74. The molecule has 2 rings (SSSR count). The van der Waals surface area contributed by atoms with Gasteiger partial charge in [0.2, 0.25) is 10.0 Å². The average molecular weight is 306 g/mol. The summed E-state index contributed by atoms with van der Waals surface area (Å²) in [5.74, 6) is -0.0627. The van der Waals surface area contributed by atoms with Crippen LogP contribution in [0.15, 0.2) is 29.2 Å². The number of hydrogen-bond donors (Lipinski definition) is 1. The van der Waals surface area contributed by atoms with Crippen LogP contribution in [0.4, 0.5) is 8.78 Å². The van der Waals surface area contributed by atoms with E-state index in [1.165, 1.54) is 28.6 Å². The van der Waals surface area contributed by atoms with Gasteiger partial charge in [0.1, 0.15) is 5.75 Å². The first-order valence-corrected chi connectivity index (χ1v) is 7.62. The lowest BCUT2D eigenvalue weighted by Crippen LogP contribution is -2.52. The van der Waals surface area contributed by atoms with Crippen molar-refractivity contribution in [2.75, 3.05) is 19.6 Å². The molecule has 1 atom stereocenters. The fourth-order valence-electron chi connectivity index (χ4n) is 2.11. The van der Waals surface area contributed by atoms with Gasteiger partial charge in [-0.05, 0) is 31.2 Å². The number of ether oxygens (including phenoxy) is 1. The van der Waals surface area contributed by atoms with Gasteiger partial charge < -0.3 is 10.1 Å². The van der Waals surface area contributed by atoms with Gasteiger partial charge in [-0.15, -0.1) is 0 Å². The fraction of sp³-hybridized carbons (Fsp3) is 0.500. The van der Waals surface area contributed by atoms with Gasteiger partial charge in [0.25, 0.3) is 0 Å². The monoisotopic (exact) mass is 306 g/mol. The molecule has 0 amide bonds. The molecule has 0 radical (unpaired) electrons. The van der Waals surface area contributed by atoms with Crippen LogP contribution in [0, 0.1) is 0 Å². The molecule has 1 aliphatic heterocycles. The molecule has 1 aromatic rings. The number of rotatable bonds is 4. The minimum absolute atomic E-state index is 0.0627. The molecule has 112 valence electrons. The Bertz CT molecular complexity index is 548. The molecule has 1 aliphatic rings. The molecule has 1 saturated heterocycles. The summed E-state index contributed by atoms with van der Waals surface area (Å²) >= 11 is 0. The van der Waals surface area contributed by atoms with Gasteiger partial charge in [-0.1, -0.05) is 0 Å². The molecule has 1 heterocycles. The van der Waals surface area contributed by atoms with Crippen molar-refractivity contribution in [3.63, 3.8) is 0 Å². The maximum absolute atomic E-state index is 12.4. The summed E-state index contributed by atoms with van der Waals surface area (Å²) in [4.78, 5) is 0.0767. The Morgan fingerprint density at radius 2 is 2.00 bits per heavy atom. The molecule has 0 bridgehead atoms. The van der Waals surface area contributed by atoms with Crippen LogP contribution in [-0.4, -0.2) is 45.0 Å². The molecule has 8 heteroatoms. The predicted octanol–water partition coefficient (Wildman–Crippen LogP) is 1.27. The molecule has 20 heavy (non-hydrogen) atoms. The number of nitrogens with zero attached hydrogens (tertiary/aromatic N) is 1. The van der Waals surface area contributed by atoms with Gasteiger partial charge in [0.05, 0.1) is 4.90 Å². The van der Waals surface area contributed by atoms with E-state index in [-0.39, 0.29) is 16.7 Å². The molecule has 0 aliphatic carbocycles. The van der Waals surface area contributed by atoms with E-state index in [1.54, 1.807) is 0 Å². The molecule has 1 aromatic carbocycles. The third kappa shape index (κ3) is 3.25. The third-order valence-electron chi connectivity index (χ3n) is 3.10. The second kappa shape index (κ2) is 6.02. The normalized spacial score (nSPS) is 21.1. The third-order valence-corrected chi connectivity index (χ3v) is 5.12. The van der Waals surface area contributed by atoms with Gasteiger partial charge in [-0.2, -0.15) is 13.1 Å². The van der Waals surface area contributed by atoms with Crippen molar-refractivity contribution in [1.82, 2.24) is 9.62 Å². The number of nitrogens with one attached hydrogen (secondary N) is 1. The van der Waals surface area contributed by atoms with Crippen molar-refractivity contribution in [2.24, 2.45) is 0 Å². The molecule has 0 saturated carbocycles. The summed E-state index contributed by atoms with van der Waals surface area (Å²) in [5, 5.41) is 3.11. The second-order valence-corrected chi connectivity index (χ2v) is 6.41.